The zero-order valence-electron chi connectivity index (χ0n) is 11.1. The fourth-order valence-corrected chi connectivity index (χ4v) is 1.79. The molecule has 0 saturated carbocycles. The topological polar surface area (TPSA) is 45.1 Å². The largest absolute Gasteiger partial charge is 0.387 e. The van der Waals surface area contributed by atoms with Crippen LogP contribution in [0.5, 0.6) is 0 Å². The van der Waals surface area contributed by atoms with Crippen molar-refractivity contribution in [2.45, 2.75) is 32.4 Å². The first kappa shape index (κ1) is 13.0. The summed E-state index contributed by atoms with van der Waals surface area (Å²) in [5, 5.41) is 14.5. The van der Waals surface area contributed by atoms with Crippen LogP contribution in [-0.4, -0.2) is 22.2 Å². The van der Waals surface area contributed by atoms with Crippen LogP contribution in [0.1, 0.15) is 32.4 Å². The summed E-state index contributed by atoms with van der Waals surface area (Å²) in [6, 6.07) is 9.92. The third kappa shape index (κ3) is 3.28. The second-order valence-electron chi connectivity index (χ2n) is 5.61. The van der Waals surface area contributed by atoms with Gasteiger partial charge in [-0.1, -0.05) is 18.2 Å². The van der Waals surface area contributed by atoms with Crippen molar-refractivity contribution in [3.63, 3.8) is 0 Å². The first-order valence-corrected chi connectivity index (χ1v) is 6.23. The fraction of sp³-hybridized carbons (Fsp3) is 0.400. The lowest BCUT2D eigenvalue weighted by Gasteiger charge is -2.23. The number of pyridine rings is 1. The van der Waals surface area contributed by atoms with Gasteiger partial charge < -0.3 is 10.4 Å². The average Bonchev–Trinajstić information content (AvgIpc) is 2.34. The molecular weight excluding hydrogens is 224 g/mol. The van der Waals surface area contributed by atoms with E-state index in [2.05, 4.69) is 31.1 Å². The number of hydrogen-bond donors (Lipinski definition) is 2. The Labute approximate surface area is 108 Å². The first-order chi connectivity index (χ1) is 8.46. The molecule has 0 amide bonds. The van der Waals surface area contributed by atoms with Gasteiger partial charge in [-0.05, 0) is 32.9 Å². The zero-order chi connectivity index (χ0) is 13.2. The van der Waals surface area contributed by atoms with E-state index in [-0.39, 0.29) is 5.54 Å². The second-order valence-corrected chi connectivity index (χ2v) is 5.61. The molecule has 18 heavy (non-hydrogen) atoms. The van der Waals surface area contributed by atoms with Crippen molar-refractivity contribution < 1.29 is 5.11 Å². The predicted molar refractivity (Wildman–Crippen MR) is 74.5 cm³/mol. The SMILES string of the molecule is CC(C)(C)NCC(O)c1cnc2ccccc2c1. The van der Waals surface area contributed by atoms with E-state index >= 15 is 0 Å². The summed E-state index contributed by atoms with van der Waals surface area (Å²) in [7, 11) is 0. The second kappa shape index (κ2) is 5.04. The monoisotopic (exact) mass is 244 g/mol. The van der Waals surface area contributed by atoms with Crippen LogP contribution in [0, 0.1) is 0 Å². The molecule has 1 atom stereocenters. The molecule has 3 nitrogen and oxygen atoms in total. The van der Waals surface area contributed by atoms with Crippen molar-refractivity contribution in [1.82, 2.24) is 10.3 Å². The van der Waals surface area contributed by atoms with E-state index in [1.807, 2.05) is 30.3 Å². The Morgan fingerprint density at radius 3 is 2.72 bits per heavy atom. The van der Waals surface area contributed by atoms with Crippen LogP contribution >= 0.6 is 0 Å². The number of aliphatic hydroxyl groups excluding tert-OH is 1. The third-order valence-corrected chi connectivity index (χ3v) is 2.82. The number of aromatic nitrogens is 1. The minimum atomic E-state index is -0.527. The number of para-hydroxylation sites is 1. The highest BCUT2D eigenvalue weighted by Crippen LogP contribution is 2.18. The molecule has 1 aromatic carbocycles. The Bertz CT molecular complexity index is 531. The molecule has 0 spiro atoms. The molecule has 0 aliphatic carbocycles. The fourth-order valence-electron chi connectivity index (χ4n) is 1.79. The zero-order valence-corrected chi connectivity index (χ0v) is 11.1. The van der Waals surface area contributed by atoms with Crippen LogP contribution in [0.2, 0.25) is 0 Å². The lowest BCUT2D eigenvalue weighted by Crippen LogP contribution is -2.38. The summed E-state index contributed by atoms with van der Waals surface area (Å²) in [6.45, 7) is 6.78. The van der Waals surface area contributed by atoms with Gasteiger partial charge in [0.2, 0.25) is 0 Å². The van der Waals surface area contributed by atoms with Crippen LogP contribution in [0.4, 0.5) is 0 Å². The maximum absolute atomic E-state index is 10.1. The van der Waals surface area contributed by atoms with E-state index in [0.717, 1.165) is 16.5 Å². The summed E-state index contributed by atoms with van der Waals surface area (Å²) >= 11 is 0. The molecule has 1 unspecified atom stereocenters. The first-order valence-electron chi connectivity index (χ1n) is 6.23. The van der Waals surface area contributed by atoms with Gasteiger partial charge in [0, 0.05) is 29.2 Å². The predicted octanol–water partition coefficient (Wildman–Crippen LogP) is 2.66. The van der Waals surface area contributed by atoms with Gasteiger partial charge in [-0.2, -0.15) is 0 Å². The molecule has 0 bridgehead atoms. The number of rotatable bonds is 3. The summed E-state index contributed by atoms with van der Waals surface area (Å²) in [6.07, 6.45) is 1.22. The minimum absolute atomic E-state index is 0.00522. The highest BCUT2D eigenvalue weighted by atomic mass is 16.3. The third-order valence-electron chi connectivity index (χ3n) is 2.82. The van der Waals surface area contributed by atoms with Gasteiger partial charge >= 0.3 is 0 Å². The summed E-state index contributed by atoms with van der Waals surface area (Å²) < 4.78 is 0. The molecule has 3 heteroatoms. The Morgan fingerprint density at radius 2 is 2.00 bits per heavy atom. The van der Waals surface area contributed by atoms with Crippen molar-refractivity contribution in [3.8, 4) is 0 Å². The number of fused-ring (bicyclic) bond motifs is 1. The van der Waals surface area contributed by atoms with Gasteiger partial charge in [0.1, 0.15) is 0 Å². The average molecular weight is 244 g/mol. The van der Waals surface area contributed by atoms with Gasteiger partial charge in [0.25, 0.3) is 0 Å². The Balaban J connectivity index is 2.15. The van der Waals surface area contributed by atoms with Gasteiger partial charge in [0.15, 0.2) is 0 Å². The summed E-state index contributed by atoms with van der Waals surface area (Å²) in [5.74, 6) is 0. The van der Waals surface area contributed by atoms with Crippen LogP contribution in [-0.2, 0) is 0 Å². The number of benzene rings is 1. The van der Waals surface area contributed by atoms with Crippen molar-refractivity contribution >= 4 is 10.9 Å². The minimum Gasteiger partial charge on any atom is -0.387 e. The Kier molecular flexibility index (Phi) is 3.64. The van der Waals surface area contributed by atoms with Crippen molar-refractivity contribution in [3.05, 3.63) is 42.1 Å². The molecule has 0 aliphatic rings. The van der Waals surface area contributed by atoms with E-state index < -0.39 is 6.10 Å². The number of nitrogens with one attached hydrogen (secondary N) is 1. The van der Waals surface area contributed by atoms with Crippen molar-refractivity contribution in [1.29, 1.82) is 0 Å². The van der Waals surface area contributed by atoms with Gasteiger partial charge in [-0.3, -0.25) is 4.98 Å². The highest BCUT2D eigenvalue weighted by molar-refractivity contribution is 5.78. The van der Waals surface area contributed by atoms with Crippen molar-refractivity contribution in [2.24, 2.45) is 0 Å². The lowest BCUT2D eigenvalue weighted by molar-refractivity contribution is 0.163. The van der Waals surface area contributed by atoms with E-state index in [1.54, 1.807) is 6.20 Å². The molecule has 0 radical (unpaired) electrons. The maximum atomic E-state index is 10.1. The molecule has 2 N–H and O–H groups in total. The lowest BCUT2D eigenvalue weighted by atomic mass is 10.1. The summed E-state index contributed by atoms with van der Waals surface area (Å²) in [4.78, 5) is 4.36. The molecule has 0 fully saturated rings. The van der Waals surface area contributed by atoms with Gasteiger partial charge in [-0.25, -0.2) is 0 Å². The van der Waals surface area contributed by atoms with Gasteiger partial charge in [0.05, 0.1) is 11.6 Å². The smallest absolute Gasteiger partial charge is 0.0929 e. The van der Waals surface area contributed by atoms with E-state index in [1.165, 1.54) is 0 Å². The van der Waals surface area contributed by atoms with Crippen LogP contribution in [0.3, 0.4) is 0 Å². The molecule has 0 saturated heterocycles. The van der Waals surface area contributed by atoms with Crippen LogP contribution in [0.25, 0.3) is 10.9 Å². The van der Waals surface area contributed by atoms with E-state index in [4.69, 9.17) is 0 Å². The Morgan fingerprint density at radius 1 is 1.28 bits per heavy atom. The highest BCUT2D eigenvalue weighted by Gasteiger charge is 2.14. The van der Waals surface area contributed by atoms with Gasteiger partial charge in [-0.15, -0.1) is 0 Å². The van der Waals surface area contributed by atoms with E-state index in [0.29, 0.717) is 6.54 Å². The molecule has 96 valence electrons. The number of hydrogen-bond acceptors (Lipinski definition) is 3. The van der Waals surface area contributed by atoms with Crippen LogP contribution in [0.15, 0.2) is 36.5 Å². The molecule has 0 aliphatic heterocycles. The molecule has 1 aromatic heterocycles. The molecule has 1 heterocycles. The quantitative estimate of drug-likeness (QED) is 0.872. The number of nitrogens with zero attached hydrogens (tertiary/aromatic N) is 1. The van der Waals surface area contributed by atoms with Crippen molar-refractivity contribution in [2.75, 3.05) is 6.54 Å². The summed E-state index contributed by atoms with van der Waals surface area (Å²) in [5.41, 5.74) is 1.81. The standard InChI is InChI=1S/C15H20N2O/c1-15(2,3)17-10-14(18)12-8-11-6-4-5-7-13(11)16-9-12/h4-9,14,17-18H,10H2,1-3H3. The number of β-amino-alcohol motifs (C(OH)–C–C–N with tert-alkyl or cyclic N) is 1. The number of aliphatic hydroxyl groups is 1. The molecule has 2 aromatic rings. The molecule has 2 rings (SSSR count). The maximum Gasteiger partial charge on any atom is 0.0929 e. The Hall–Kier alpha value is -1.45. The van der Waals surface area contributed by atoms with Crippen LogP contribution < -0.4 is 5.32 Å². The van der Waals surface area contributed by atoms with E-state index in [9.17, 15) is 5.11 Å². The molecular formula is C15H20N2O. The normalized spacial score (nSPS) is 13.8.